The van der Waals surface area contributed by atoms with E-state index in [4.69, 9.17) is 27.9 Å². The topological polar surface area (TPSA) is 80.6 Å². The highest BCUT2D eigenvalue weighted by Crippen LogP contribution is 2.35. The molecule has 0 saturated carbocycles. The number of rotatable bonds is 7. The van der Waals surface area contributed by atoms with Crippen molar-refractivity contribution in [2.24, 2.45) is 0 Å². The van der Waals surface area contributed by atoms with Crippen molar-refractivity contribution in [3.63, 3.8) is 0 Å². The van der Waals surface area contributed by atoms with Crippen LogP contribution in [0.5, 0.6) is 5.75 Å². The molecule has 4 aromatic rings. The number of methoxy groups -OCH3 is 1. The number of carbonyl (C=O) groups is 3. The maximum Gasteiger partial charge on any atom is 0.294 e. The molecule has 1 saturated heterocycles. The van der Waals surface area contributed by atoms with Gasteiger partial charge in [-0.3, -0.25) is 19.3 Å². The van der Waals surface area contributed by atoms with Gasteiger partial charge >= 0.3 is 0 Å². The molecule has 1 N–H and O–H groups in total. The Bertz CT molecular complexity index is 1610. The van der Waals surface area contributed by atoms with Gasteiger partial charge in [-0.25, -0.2) is 0 Å². The average molecular weight is 566 g/mol. The average Bonchev–Trinajstić information content (AvgIpc) is 3.38. The minimum Gasteiger partial charge on any atom is -0.495 e. The van der Waals surface area contributed by atoms with E-state index in [0.29, 0.717) is 28.0 Å². The van der Waals surface area contributed by atoms with Crippen LogP contribution in [0.3, 0.4) is 0 Å². The normalized spacial score (nSPS) is 14.5. The molecule has 7 nitrogen and oxygen atoms in total. The molecular formula is C28H21Cl2N3O4S. The zero-order chi connectivity index (χ0) is 26.8. The quantitative estimate of drug-likeness (QED) is 0.253. The van der Waals surface area contributed by atoms with Crippen molar-refractivity contribution in [1.82, 2.24) is 9.47 Å². The Morgan fingerprint density at radius 1 is 1.05 bits per heavy atom. The molecular weight excluding hydrogens is 545 g/mol. The molecule has 0 spiro atoms. The smallest absolute Gasteiger partial charge is 0.294 e. The van der Waals surface area contributed by atoms with E-state index in [1.165, 1.54) is 7.11 Å². The number of carbonyl (C=O) groups excluding carboxylic acids is 3. The van der Waals surface area contributed by atoms with Gasteiger partial charge in [0.2, 0.25) is 5.91 Å². The lowest BCUT2D eigenvalue weighted by Crippen LogP contribution is -2.36. The summed E-state index contributed by atoms with van der Waals surface area (Å²) < 4.78 is 7.27. The van der Waals surface area contributed by atoms with Crippen molar-refractivity contribution in [2.75, 3.05) is 19.0 Å². The third kappa shape index (κ3) is 5.29. The number of nitrogens with one attached hydrogen (secondary N) is 1. The lowest BCUT2D eigenvalue weighted by Gasteiger charge is -2.14. The van der Waals surface area contributed by atoms with Crippen LogP contribution in [0.2, 0.25) is 10.0 Å². The number of fused-ring (bicyclic) bond motifs is 1. The number of hydrogen-bond donors (Lipinski definition) is 1. The van der Waals surface area contributed by atoms with Gasteiger partial charge in [0.05, 0.1) is 17.7 Å². The van der Waals surface area contributed by atoms with Crippen LogP contribution >= 0.6 is 35.0 Å². The van der Waals surface area contributed by atoms with Gasteiger partial charge in [-0.2, -0.15) is 0 Å². The first kappa shape index (κ1) is 25.9. The highest BCUT2D eigenvalue weighted by Gasteiger charge is 2.36. The minimum absolute atomic E-state index is 0.243. The number of aromatic nitrogens is 1. The Labute approximate surface area is 233 Å². The molecule has 0 radical (unpaired) electrons. The molecule has 0 bridgehead atoms. The van der Waals surface area contributed by atoms with Crippen LogP contribution in [0, 0.1) is 0 Å². The number of anilines is 1. The number of halogens is 2. The third-order valence-corrected chi connectivity index (χ3v) is 7.51. The zero-order valence-electron chi connectivity index (χ0n) is 20.1. The second-order valence-electron chi connectivity index (χ2n) is 8.48. The van der Waals surface area contributed by atoms with E-state index >= 15 is 0 Å². The van der Waals surface area contributed by atoms with Crippen molar-refractivity contribution in [3.8, 4) is 5.75 Å². The van der Waals surface area contributed by atoms with Crippen LogP contribution in [0.25, 0.3) is 17.0 Å². The molecule has 38 heavy (non-hydrogen) atoms. The molecule has 3 aromatic carbocycles. The Kier molecular flexibility index (Phi) is 7.46. The highest BCUT2D eigenvalue weighted by atomic mass is 35.5. The van der Waals surface area contributed by atoms with Crippen LogP contribution in [0.1, 0.15) is 11.1 Å². The predicted octanol–water partition coefficient (Wildman–Crippen LogP) is 6.68. The third-order valence-electron chi connectivity index (χ3n) is 6.02. The van der Waals surface area contributed by atoms with Gasteiger partial charge in [0, 0.05) is 39.3 Å². The number of imide groups is 1. The van der Waals surface area contributed by atoms with E-state index in [1.54, 1.807) is 42.5 Å². The number of para-hydroxylation sites is 3. The fourth-order valence-electron chi connectivity index (χ4n) is 4.21. The van der Waals surface area contributed by atoms with Gasteiger partial charge in [0.25, 0.3) is 11.1 Å². The predicted molar refractivity (Wildman–Crippen MR) is 152 cm³/mol. The van der Waals surface area contributed by atoms with E-state index in [0.717, 1.165) is 38.7 Å². The Morgan fingerprint density at radius 3 is 2.61 bits per heavy atom. The SMILES string of the molecule is COc1ccccc1NC(=O)CN1C(=O)S/C(=C/c2cn(Cc3ccc(Cl)cc3Cl)c3ccccc23)C1=O. The largest absolute Gasteiger partial charge is 0.495 e. The first-order chi connectivity index (χ1) is 18.3. The summed E-state index contributed by atoms with van der Waals surface area (Å²) in [6, 6.07) is 20.0. The molecule has 3 amide bonds. The van der Waals surface area contributed by atoms with Crippen molar-refractivity contribution in [2.45, 2.75) is 6.54 Å². The lowest BCUT2D eigenvalue weighted by molar-refractivity contribution is -0.127. The van der Waals surface area contributed by atoms with Crippen LogP contribution in [0.4, 0.5) is 10.5 Å². The van der Waals surface area contributed by atoms with E-state index in [-0.39, 0.29) is 4.91 Å². The number of thioether (sulfide) groups is 1. The summed E-state index contributed by atoms with van der Waals surface area (Å²) in [4.78, 5) is 39.6. The molecule has 1 aromatic heterocycles. The second-order valence-corrected chi connectivity index (χ2v) is 10.3. The number of hydrogen-bond acceptors (Lipinski definition) is 5. The molecule has 192 valence electrons. The van der Waals surface area contributed by atoms with Crippen LogP contribution in [-0.4, -0.2) is 40.2 Å². The molecule has 0 unspecified atom stereocenters. The van der Waals surface area contributed by atoms with Gasteiger partial charge in [-0.05, 0) is 53.7 Å². The molecule has 5 rings (SSSR count). The summed E-state index contributed by atoms with van der Waals surface area (Å²) >= 11 is 13.2. The Hall–Kier alpha value is -3.72. The summed E-state index contributed by atoms with van der Waals surface area (Å²) in [5, 5.41) is 4.22. The van der Waals surface area contributed by atoms with Gasteiger partial charge in [-0.15, -0.1) is 0 Å². The van der Waals surface area contributed by atoms with E-state index in [2.05, 4.69) is 5.32 Å². The maximum atomic E-state index is 13.1. The summed E-state index contributed by atoms with van der Waals surface area (Å²) in [6.07, 6.45) is 3.60. The fraction of sp³-hybridized carbons (Fsp3) is 0.107. The molecule has 10 heteroatoms. The van der Waals surface area contributed by atoms with E-state index in [1.807, 2.05) is 41.1 Å². The van der Waals surface area contributed by atoms with Crippen molar-refractivity contribution >= 4 is 74.7 Å². The summed E-state index contributed by atoms with van der Waals surface area (Å²) in [6.45, 7) is 0.0891. The first-order valence-electron chi connectivity index (χ1n) is 11.5. The van der Waals surface area contributed by atoms with Crippen molar-refractivity contribution in [1.29, 1.82) is 0 Å². The van der Waals surface area contributed by atoms with Crippen LogP contribution in [-0.2, 0) is 16.1 Å². The van der Waals surface area contributed by atoms with Gasteiger partial charge in [0.1, 0.15) is 12.3 Å². The number of ether oxygens (including phenoxy) is 1. The lowest BCUT2D eigenvalue weighted by atomic mass is 10.1. The monoisotopic (exact) mass is 565 g/mol. The molecule has 0 aliphatic carbocycles. The first-order valence-corrected chi connectivity index (χ1v) is 13.1. The standard InChI is InChI=1S/C28H21Cl2N3O4S/c1-37-24-9-5-3-7-22(24)31-26(34)16-33-27(35)25(38-28(33)36)12-18-15-32(23-8-4-2-6-20(18)23)14-17-10-11-19(29)13-21(17)30/h2-13,15H,14,16H2,1H3,(H,31,34)/b25-12+. The van der Waals surface area contributed by atoms with Gasteiger partial charge < -0.3 is 14.6 Å². The number of amides is 3. The van der Waals surface area contributed by atoms with Gasteiger partial charge in [0.15, 0.2) is 0 Å². The molecule has 1 aliphatic rings. The van der Waals surface area contributed by atoms with Crippen LogP contribution in [0.15, 0.2) is 77.8 Å². The number of benzene rings is 3. The van der Waals surface area contributed by atoms with E-state index in [9.17, 15) is 14.4 Å². The Morgan fingerprint density at radius 2 is 1.82 bits per heavy atom. The summed E-state index contributed by atoms with van der Waals surface area (Å²) in [5.74, 6) is -0.548. The van der Waals surface area contributed by atoms with Crippen LogP contribution < -0.4 is 10.1 Å². The highest BCUT2D eigenvalue weighted by molar-refractivity contribution is 8.18. The molecule has 1 aliphatic heterocycles. The van der Waals surface area contributed by atoms with E-state index < -0.39 is 23.6 Å². The molecule has 1 fully saturated rings. The summed E-state index contributed by atoms with van der Waals surface area (Å²) in [7, 11) is 1.49. The zero-order valence-corrected chi connectivity index (χ0v) is 22.4. The Balaban J connectivity index is 1.38. The second kappa shape index (κ2) is 10.9. The molecule has 0 atom stereocenters. The number of nitrogens with zero attached hydrogens (tertiary/aromatic N) is 2. The van der Waals surface area contributed by atoms with Crippen molar-refractivity contribution in [3.05, 3.63) is 99.0 Å². The fourth-order valence-corrected chi connectivity index (χ4v) is 5.51. The van der Waals surface area contributed by atoms with Crippen molar-refractivity contribution < 1.29 is 19.1 Å². The van der Waals surface area contributed by atoms with Gasteiger partial charge in [-0.1, -0.05) is 59.6 Å². The summed E-state index contributed by atoms with van der Waals surface area (Å²) in [5.41, 5.74) is 3.07. The molecule has 2 heterocycles. The maximum absolute atomic E-state index is 13.1. The minimum atomic E-state index is -0.521.